The first-order valence-electron chi connectivity index (χ1n) is 13.3. The maximum atomic E-state index is 6.56. The second-order valence-electron chi connectivity index (χ2n) is 10.3. The Labute approximate surface area is 233 Å². The van der Waals surface area contributed by atoms with Gasteiger partial charge >= 0.3 is 0 Å². The van der Waals surface area contributed by atoms with Crippen molar-refractivity contribution in [2.24, 2.45) is 0 Å². The third-order valence-corrected chi connectivity index (χ3v) is 8.30. The van der Waals surface area contributed by atoms with E-state index < -0.39 is 0 Å². The van der Waals surface area contributed by atoms with Crippen molar-refractivity contribution in [3.63, 3.8) is 0 Å². The van der Waals surface area contributed by atoms with E-state index in [-0.39, 0.29) is 0 Å². The number of aromatic nitrogens is 1. The number of hydrogen-bond donors (Lipinski definition) is 0. The highest BCUT2D eigenvalue weighted by molar-refractivity contribution is 6.32. The van der Waals surface area contributed by atoms with Gasteiger partial charge in [-0.3, -0.25) is 0 Å². The predicted molar refractivity (Wildman–Crippen MR) is 166 cm³/mol. The molecule has 0 saturated carbocycles. The first-order valence-corrected chi connectivity index (χ1v) is 13.7. The molecule has 188 valence electrons. The predicted octanol–water partition coefficient (Wildman–Crippen LogP) is 10.9. The summed E-state index contributed by atoms with van der Waals surface area (Å²) in [6.07, 6.45) is 0. The number of rotatable bonds is 2. The average Bonchev–Trinajstić information content (AvgIpc) is 3.66. The van der Waals surface area contributed by atoms with Crippen LogP contribution in [-0.2, 0) is 0 Å². The van der Waals surface area contributed by atoms with Crippen molar-refractivity contribution in [3.05, 3.63) is 126 Å². The molecule has 0 unspecified atom stereocenters. The van der Waals surface area contributed by atoms with Crippen LogP contribution < -0.4 is 0 Å². The standard InChI is InChI=1S/C36H20ClNO2/c37-22-16-18-31-29(20-22)28-19-21(23-9-5-10-26-24-7-1-3-13-33(24)39-35(23)26)15-17-30(28)38(31)32-12-6-11-27-25-8-2-4-14-34(25)40-36(27)32/h1-20H. The molecule has 0 fully saturated rings. The lowest BCUT2D eigenvalue weighted by Crippen LogP contribution is -1.94. The molecule has 6 aromatic carbocycles. The van der Waals surface area contributed by atoms with E-state index in [1.54, 1.807) is 0 Å². The van der Waals surface area contributed by atoms with Crippen LogP contribution in [0.2, 0.25) is 5.02 Å². The molecule has 0 amide bonds. The van der Waals surface area contributed by atoms with Crippen molar-refractivity contribution in [2.45, 2.75) is 0 Å². The van der Waals surface area contributed by atoms with Gasteiger partial charge in [0.25, 0.3) is 0 Å². The highest BCUT2D eigenvalue weighted by Crippen LogP contribution is 2.41. The maximum absolute atomic E-state index is 6.56. The van der Waals surface area contributed by atoms with Crippen molar-refractivity contribution in [1.82, 2.24) is 4.57 Å². The van der Waals surface area contributed by atoms with Gasteiger partial charge in [0, 0.05) is 42.9 Å². The third-order valence-electron chi connectivity index (χ3n) is 8.07. The van der Waals surface area contributed by atoms with Crippen LogP contribution in [0, 0.1) is 0 Å². The monoisotopic (exact) mass is 533 g/mol. The highest BCUT2D eigenvalue weighted by Gasteiger charge is 2.19. The lowest BCUT2D eigenvalue weighted by molar-refractivity contribution is 0.666. The summed E-state index contributed by atoms with van der Waals surface area (Å²) >= 11 is 6.56. The molecule has 3 nitrogen and oxygen atoms in total. The lowest BCUT2D eigenvalue weighted by Gasteiger charge is -2.09. The van der Waals surface area contributed by atoms with Crippen LogP contribution in [0.1, 0.15) is 0 Å². The van der Waals surface area contributed by atoms with Gasteiger partial charge in [0.2, 0.25) is 0 Å². The summed E-state index contributed by atoms with van der Waals surface area (Å²) in [7, 11) is 0. The van der Waals surface area contributed by atoms with E-state index >= 15 is 0 Å². The molecule has 4 heteroatoms. The van der Waals surface area contributed by atoms with Crippen LogP contribution in [0.4, 0.5) is 0 Å². The number of halogens is 1. The summed E-state index contributed by atoms with van der Waals surface area (Å²) in [5.41, 5.74) is 8.88. The molecule has 9 aromatic rings. The summed E-state index contributed by atoms with van der Waals surface area (Å²) in [5, 5.41) is 7.39. The van der Waals surface area contributed by atoms with Gasteiger partial charge in [0.15, 0.2) is 5.58 Å². The fraction of sp³-hybridized carbons (Fsp3) is 0. The minimum Gasteiger partial charge on any atom is -0.455 e. The molecule has 0 atom stereocenters. The largest absolute Gasteiger partial charge is 0.455 e. The molecule has 3 aromatic heterocycles. The molecule has 0 radical (unpaired) electrons. The van der Waals surface area contributed by atoms with E-state index in [0.29, 0.717) is 5.02 Å². The second-order valence-corrected chi connectivity index (χ2v) is 10.7. The summed E-state index contributed by atoms with van der Waals surface area (Å²) in [4.78, 5) is 0. The van der Waals surface area contributed by atoms with Crippen molar-refractivity contribution in [3.8, 4) is 16.8 Å². The van der Waals surface area contributed by atoms with Gasteiger partial charge in [-0.1, -0.05) is 84.4 Å². The van der Waals surface area contributed by atoms with Crippen LogP contribution in [0.15, 0.2) is 130 Å². The Balaban J connectivity index is 1.35. The van der Waals surface area contributed by atoms with E-state index in [0.717, 1.165) is 82.5 Å². The fourth-order valence-corrected chi connectivity index (χ4v) is 6.48. The average molecular weight is 534 g/mol. The van der Waals surface area contributed by atoms with Crippen LogP contribution in [0.3, 0.4) is 0 Å². The van der Waals surface area contributed by atoms with Gasteiger partial charge < -0.3 is 13.4 Å². The molecule has 0 bridgehead atoms. The molecule has 40 heavy (non-hydrogen) atoms. The molecule has 0 saturated heterocycles. The van der Waals surface area contributed by atoms with Gasteiger partial charge in [0.05, 0.1) is 16.7 Å². The van der Waals surface area contributed by atoms with Crippen LogP contribution in [-0.4, -0.2) is 4.57 Å². The molecular formula is C36H20ClNO2. The van der Waals surface area contributed by atoms with Gasteiger partial charge in [0.1, 0.15) is 16.7 Å². The third kappa shape index (κ3) is 2.95. The van der Waals surface area contributed by atoms with Gasteiger partial charge in [-0.25, -0.2) is 0 Å². The van der Waals surface area contributed by atoms with Crippen LogP contribution in [0.25, 0.3) is 82.5 Å². The van der Waals surface area contributed by atoms with Gasteiger partial charge in [-0.15, -0.1) is 0 Å². The summed E-state index contributed by atoms with van der Waals surface area (Å²) in [6, 6.07) is 41.9. The Morgan fingerprint density at radius 2 is 1.07 bits per heavy atom. The first-order chi connectivity index (χ1) is 19.7. The summed E-state index contributed by atoms with van der Waals surface area (Å²) < 4.78 is 15.1. The van der Waals surface area contributed by atoms with Crippen molar-refractivity contribution < 1.29 is 8.83 Å². The lowest BCUT2D eigenvalue weighted by atomic mass is 10.0. The van der Waals surface area contributed by atoms with E-state index in [1.807, 2.05) is 30.3 Å². The minimum absolute atomic E-state index is 0.707. The number of hydrogen-bond acceptors (Lipinski definition) is 2. The quantitative estimate of drug-likeness (QED) is 0.221. The van der Waals surface area contributed by atoms with Gasteiger partial charge in [-0.2, -0.15) is 0 Å². The van der Waals surface area contributed by atoms with Crippen molar-refractivity contribution in [2.75, 3.05) is 0 Å². The van der Waals surface area contributed by atoms with Crippen molar-refractivity contribution >= 4 is 77.3 Å². The zero-order valence-electron chi connectivity index (χ0n) is 21.2. The Bertz CT molecular complexity index is 2460. The van der Waals surface area contributed by atoms with Crippen molar-refractivity contribution in [1.29, 1.82) is 0 Å². The molecule has 0 spiro atoms. The minimum atomic E-state index is 0.707. The molecule has 0 aliphatic rings. The number of nitrogens with zero attached hydrogens (tertiary/aromatic N) is 1. The summed E-state index contributed by atoms with van der Waals surface area (Å²) in [6.45, 7) is 0. The topological polar surface area (TPSA) is 31.2 Å². The zero-order valence-corrected chi connectivity index (χ0v) is 21.9. The Hall–Kier alpha value is -4.99. The Morgan fingerprint density at radius 1 is 0.475 bits per heavy atom. The van der Waals surface area contributed by atoms with E-state index in [4.69, 9.17) is 20.4 Å². The van der Waals surface area contributed by atoms with E-state index in [9.17, 15) is 0 Å². The molecular weight excluding hydrogens is 514 g/mol. The Morgan fingerprint density at radius 3 is 1.85 bits per heavy atom. The molecule has 0 N–H and O–H groups in total. The number of benzene rings is 6. The second kappa shape index (κ2) is 8.01. The summed E-state index contributed by atoms with van der Waals surface area (Å²) in [5.74, 6) is 0. The van der Waals surface area contributed by atoms with E-state index in [2.05, 4.69) is 95.6 Å². The number of furan rings is 2. The maximum Gasteiger partial charge on any atom is 0.159 e. The first kappa shape index (κ1) is 21.9. The SMILES string of the molecule is Clc1ccc2c(c1)c1cc(-c3cccc4c3oc3ccccc34)ccc1n2-c1cccc2c1oc1ccccc12. The number of para-hydroxylation sites is 4. The normalized spacial score (nSPS) is 12.1. The number of fused-ring (bicyclic) bond motifs is 9. The van der Waals surface area contributed by atoms with E-state index in [1.165, 1.54) is 0 Å². The molecule has 0 aliphatic heterocycles. The smallest absolute Gasteiger partial charge is 0.159 e. The zero-order chi connectivity index (χ0) is 26.4. The molecule has 0 aliphatic carbocycles. The highest BCUT2D eigenvalue weighted by atomic mass is 35.5. The van der Waals surface area contributed by atoms with Crippen LogP contribution in [0.5, 0.6) is 0 Å². The van der Waals surface area contributed by atoms with Crippen LogP contribution >= 0.6 is 11.6 Å². The fourth-order valence-electron chi connectivity index (χ4n) is 6.31. The Kier molecular flexibility index (Phi) is 4.38. The molecule has 9 rings (SSSR count). The molecule has 3 heterocycles. The van der Waals surface area contributed by atoms with Gasteiger partial charge in [-0.05, 0) is 54.1 Å².